The second-order valence-electron chi connectivity index (χ2n) is 6.06. The number of ether oxygens (including phenoxy) is 2. The van der Waals surface area contributed by atoms with Crippen LogP contribution in [-0.4, -0.2) is 24.8 Å². The standard InChI is InChI=1S/C15H23NO5/c1-9(2)12(16-14(18)21-15(3,4)5)10-7-8-11(20-10)13(17)19-6/h7-9,12H,1-6H3,(H,16,18)/t12-/m0/s1. The topological polar surface area (TPSA) is 77.8 Å². The summed E-state index contributed by atoms with van der Waals surface area (Å²) in [5.41, 5.74) is -0.577. The molecule has 0 aliphatic carbocycles. The van der Waals surface area contributed by atoms with Gasteiger partial charge in [0.05, 0.1) is 13.2 Å². The first-order chi connectivity index (χ1) is 9.64. The fraction of sp³-hybridized carbons (Fsp3) is 0.600. The van der Waals surface area contributed by atoms with Gasteiger partial charge in [0.1, 0.15) is 11.4 Å². The molecule has 6 nitrogen and oxygen atoms in total. The first-order valence-corrected chi connectivity index (χ1v) is 6.81. The van der Waals surface area contributed by atoms with Crippen molar-refractivity contribution in [2.45, 2.75) is 46.3 Å². The second kappa shape index (κ2) is 6.65. The van der Waals surface area contributed by atoms with Gasteiger partial charge in [-0.2, -0.15) is 0 Å². The molecule has 1 aromatic heterocycles. The Morgan fingerprint density at radius 1 is 1.24 bits per heavy atom. The van der Waals surface area contributed by atoms with Gasteiger partial charge in [0.25, 0.3) is 0 Å². The minimum absolute atomic E-state index is 0.0640. The van der Waals surface area contributed by atoms with Crippen molar-refractivity contribution >= 4 is 12.1 Å². The molecule has 0 saturated heterocycles. The van der Waals surface area contributed by atoms with Crippen LogP contribution in [0.2, 0.25) is 0 Å². The molecule has 0 radical (unpaired) electrons. The molecule has 0 fully saturated rings. The monoisotopic (exact) mass is 297 g/mol. The molecule has 0 bridgehead atoms. The Hall–Kier alpha value is -1.98. The van der Waals surface area contributed by atoms with Crippen molar-refractivity contribution in [3.05, 3.63) is 23.7 Å². The summed E-state index contributed by atoms with van der Waals surface area (Å²) >= 11 is 0. The number of hydrogen-bond acceptors (Lipinski definition) is 5. The normalized spacial score (nSPS) is 12.9. The molecule has 1 rings (SSSR count). The third kappa shape index (κ3) is 5.13. The van der Waals surface area contributed by atoms with Gasteiger partial charge < -0.3 is 19.2 Å². The first-order valence-electron chi connectivity index (χ1n) is 6.81. The Bertz CT molecular complexity index is 498. The van der Waals surface area contributed by atoms with Gasteiger partial charge >= 0.3 is 12.1 Å². The van der Waals surface area contributed by atoms with Crippen molar-refractivity contribution in [3.63, 3.8) is 0 Å². The molecule has 1 amide bonds. The highest BCUT2D eigenvalue weighted by Gasteiger charge is 2.26. The summed E-state index contributed by atoms with van der Waals surface area (Å²) in [4.78, 5) is 23.3. The van der Waals surface area contributed by atoms with E-state index in [-0.39, 0.29) is 11.7 Å². The SMILES string of the molecule is COC(=O)c1ccc([C@@H](NC(=O)OC(C)(C)C)C(C)C)o1. The van der Waals surface area contributed by atoms with Gasteiger partial charge in [-0.1, -0.05) is 13.8 Å². The van der Waals surface area contributed by atoms with Crippen molar-refractivity contribution < 1.29 is 23.5 Å². The Kier molecular flexibility index (Phi) is 5.41. The number of methoxy groups -OCH3 is 1. The lowest BCUT2D eigenvalue weighted by Gasteiger charge is -2.24. The predicted molar refractivity (Wildman–Crippen MR) is 77.0 cm³/mol. The first kappa shape index (κ1) is 17.1. The summed E-state index contributed by atoms with van der Waals surface area (Å²) in [6.45, 7) is 9.24. The van der Waals surface area contributed by atoms with E-state index in [4.69, 9.17) is 9.15 Å². The number of amides is 1. The molecule has 118 valence electrons. The maximum absolute atomic E-state index is 11.9. The van der Waals surface area contributed by atoms with Crippen LogP contribution in [0.1, 0.15) is 57.0 Å². The summed E-state index contributed by atoms with van der Waals surface area (Å²) in [6.07, 6.45) is -0.530. The number of furan rings is 1. The lowest BCUT2D eigenvalue weighted by molar-refractivity contribution is 0.0480. The molecule has 0 aromatic carbocycles. The highest BCUT2D eigenvalue weighted by Crippen LogP contribution is 2.24. The number of carbonyl (C=O) groups excluding carboxylic acids is 2. The summed E-state index contributed by atoms with van der Waals surface area (Å²) < 4.78 is 15.3. The third-order valence-electron chi connectivity index (χ3n) is 2.66. The fourth-order valence-electron chi connectivity index (χ4n) is 1.73. The van der Waals surface area contributed by atoms with E-state index in [1.54, 1.807) is 26.8 Å². The third-order valence-corrected chi connectivity index (χ3v) is 2.66. The highest BCUT2D eigenvalue weighted by atomic mass is 16.6. The molecule has 21 heavy (non-hydrogen) atoms. The number of hydrogen-bond donors (Lipinski definition) is 1. The predicted octanol–water partition coefficient (Wildman–Crippen LogP) is 3.29. The molecular weight excluding hydrogens is 274 g/mol. The van der Waals surface area contributed by atoms with Crippen LogP contribution < -0.4 is 5.32 Å². The van der Waals surface area contributed by atoms with E-state index in [9.17, 15) is 9.59 Å². The van der Waals surface area contributed by atoms with Crippen molar-refractivity contribution in [3.8, 4) is 0 Å². The number of rotatable bonds is 4. The molecule has 1 heterocycles. The smallest absolute Gasteiger partial charge is 0.408 e. The van der Waals surface area contributed by atoms with Crippen molar-refractivity contribution in [1.29, 1.82) is 0 Å². The Morgan fingerprint density at radius 3 is 2.33 bits per heavy atom. The van der Waals surface area contributed by atoms with E-state index in [0.717, 1.165) is 0 Å². The zero-order chi connectivity index (χ0) is 16.2. The van der Waals surface area contributed by atoms with Gasteiger partial charge in [-0.05, 0) is 38.8 Å². The summed E-state index contributed by atoms with van der Waals surface area (Å²) in [7, 11) is 1.28. The molecule has 0 aliphatic rings. The van der Waals surface area contributed by atoms with Gasteiger partial charge in [0.2, 0.25) is 5.76 Å². The van der Waals surface area contributed by atoms with Crippen LogP contribution in [0.25, 0.3) is 0 Å². The van der Waals surface area contributed by atoms with Crippen LogP contribution in [0.4, 0.5) is 4.79 Å². The Morgan fingerprint density at radius 2 is 1.86 bits per heavy atom. The van der Waals surface area contributed by atoms with E-state index in [1.165, 1.54) is 13.2 Å². The number of nitrogens with one attached hydrogen (secondary N) is 1. The summed E-state index contributed by atoms with van der Waals surface area (Å²) in [5, 5.41) is 2.75. The Labute approximate surface area is 124 Å². The van der Waals surface area contributed by atoms with E-state index >= 15 is 0 Å². The van der Waals surface area contributed by atoms with Gasteiger partial charge in [0.15, 0.2) is 0 Å². The van der Waals surface area contributed by atoms with Gasteiger partial charge in [-0.15, -0.1) is 0 Å². The van der Waals surface area contributed by atoms with Crippen molar-refractivity contribution in [1.82, 2.24) is 5.32 Å². The van der Waals surface area contributed by atoms with Gasteiger partial charge in [-0.25, -0.2) is 9.59 Å². The van der Waals surface area contributed by atoms with Crippen molar-refractivity contribution in [2.75, 3.05) is 7.11 Å². The molecule has 1 aromatic rings. The lowest BCUT2D eigenvalue weighted by atomic mass is 10.0. The van der Waals surface area contributed by atoms with Crippen LogP contribution in [0.15, 0.2) is 16.5 Å². The quantitative estimate of drug-likeness (QED) is 0.863. The maximum Gasteiger partial charge on any atom is 0.408 e. The molecule has 0 unspecified atom stereocenters. The minimum Gasteiger partial charge on any atom is -0.463 e. The van der Waals surface area contributed by atoms with Crippen LogP contribution in [0, 0.1) is 5.92 Å². The second-order valence-corrected chi connectivity index (χ2v) is 6.06. The number of carbonyl (C=O) groups is 2. The maximum atomic E-state index is 11.9. The molecular formula is C15H23NO5. The molecule has 1 atom stereocenters. The lowest BCUT2D eigenvalue weighted by Crippen LogP contribution is -2.36. The summed E-state index contributed by atoms with van der Waals surface area (Å²) in [5.74, 6) is 0.0931. The number of esters is 1. The van der Waals surface area contributed by atoms with E-state index < -0.39 is 23.7 Å². The minimum atomic E-state index is -0.577. The van der Waals surface area contributed by atoms with Gasteiger partial charge in [0, 0.05) is 0 Å². The average Bonchev–Trinajstić information content (AvgIpc) is 2.81. The Balaban J connectivity index is 2.85. The molecule has 0 spiro atoms. The van der Waals surface area contributed by atoms with Gasteiger partial charge in [-0.3, -0.25) is 0 Å². The largest absolute Gasteiger partial charge is 0.463 e. The molecule has 0 aliphatic heterocycles. The van der Waals surface area contributed by atoms with E-state index in [1.807, 2.05) is 13.8 Å². The van der Waals surface area contributed by atoms with Crippen LogP contribution >= 0.6 is 0 Å². The number of alkyl carbamates (subject to hydrolysis) is 1. The zero-order valence-electron chi connectivity index (χ0n) is 13.4. The molecule has 1 N–H and O–H groups in total. The fourth-order valence-corrected chi connectivity index (χ4v) is 1.73. The van der Waals surface area contributed by atoms with Crippen LogP contribution in [0.3, 0.4) is 0 Å². The molecule has 6 heteroatoms. The molecule has 0 saturated carbocycles. The van der Waals surface area contributed by atoms with Crippen LogP contribution in [0.5, 0.6) is 0 Å². The van der Waals surface area contributed by atoms with Crippen LogP contribution in [-0.2, 0) is 9.47 Å². The highest BCUT2D eigenvalue weighted by molar-refractivity contribution is 5.86. The average molecular weight is 297 g/mol. The summed E-state index contributed by atoms with van der Waals surface area (Å²) in [6, 6.07) is 2.78. The van der Waals surface area contributed by atoms with E-state index in [2.05, 4.69) is 10.1 Å². The van der Waals surface area contributed by atoms with Crippen molar-refractivity contribution in [2.24, 2.45) is 5.92 Å². The zero-order valence-corrected chi connectivity index (χ0v) is 13.4. The van der Waals surface area contributed by atoms with E-state index in [0.29, 0.717) is 5.76 Å².